The molecule has 17 heavy (non-hydrogen) atoms. The minimum absolute atomic E-state index is 0.143. The van der Waals surface area contributed by atoms with Crippen LogP contribution in [0.15, 0.2) is 18.2 Å². The monoisotopic (exact) mass is 257 g/mol. The lowest BCUT2D eigenvalue weighted by Gasteiger charge is -2.14. The van der Waals surface area contributed by atoms with E-state index in [2.05, 4.69) is 6.92 Å². The van der Waals surface area contributed by atoms with Crippen LogP contribution in [0.2, 0.25) is 0 Å². The van der Waals surface area contributed by atoms with E-state index in [1.54, 1.807) is 6.07 Å². The summed E-state index contributed by atoms with van der Waals surface area (Å²) in [6.07, 6.45) is 0.966. The molecule has 1 aromatic rings. The Morgan fingerprint density at radius 1 is 1.47 bits per heavy atom. The number of thioether (sulfide) groups is 1. The normalized spacial score (nSPS) is 12.5. The van der Waals surface area contributed by atoms with Crippen LogP contribution in [0.3, 0.4) is 0 Å². The van der Waals surface area contributed by atoms with E-state index in [1.165, 1.54) is 12.1 Å². The topological polar surface area (TPSA) is 35.2 Å². The van der Waals surface area contributed by atoms with E-state index in [-0.39, 0.29) is 11.9 Å². The van der Waals surface area contributed by atoms with Crippen molar-refractivity contribution >= 4 is 11.8 Å². The highest BCUT2D eigenvalue weighted by Gasteiger charge is 2.09. The minimum Gasteiger partial charge on any atom is -0.493 e. The first-order valence-corrected chi connectivity index (χ1v) is 7.06. The second-order valence-corrected chi connectivity index (χ2v) is 5.26. The molecule has 0 aliphatic carbocycles. The second-order valence-electron chi connectivity index (χ2n) is 3.87. The molecule has 0 saturated heterocycles. The molecule has 4 heteroatoms. The number of hydrogen-bond donors (Lipinski definition) is 1. The van der Waals surface area contributed by atoms with E-state index in [0.29, 0.717) is 12.4 Å². The van der Waals surface area contributed by atoms with Gasteiger partial charge in [-0.05, 0) is 30.9 Å². The standard InChI is InChI=1S/C13H20FNOS/c1-3-17-8-4-7-16-13-9-11(14)5-6-12(13)10(2)15/h5-6,9-10H,3-4,7-8,15H2,1-2H3. The maximum atomic E-state index is 13.1. The summed E-state index contributed by atoms with van der Waals surface area (Å²) in [7, 11) is 0. The molecular formula is C13H20FNOS. The van der Waals surface area contributed by atoms with Crippen molar-refractivity contribution in [2.45, 2.75) is 26.3 Å². The Kier molecular flexibility index (Phi) is 6.37. The van der Waals surface area contributed by atoms with Gasteiger partial charge < -0.3 is 10.5 Å². The van der Waals surface area contributed by atoms with E-state index in [0.717, 1.165) is 23.5 Å². The lowest BCUT2D eigenvalue weighted by Crippen LogP contribution is -2.09. The maximum Gasteiger partial charge on any atom is 0.126 e. The molecule has 0 bridgehead atoms. The highest BCUT2D eigenvalue weighted by atomic mass is 32.2. The molecule has 0 heterocycles. The molecule has 96 valence electrons. The molecule has 0 spiro atoms. The van der Waals surface area contributed by atoms with E-state index in [9.17, 15) is 4.39 Å². The molecule has 1 rings (SSSR count). The van der Waals surface area contributed by atoms with Crippen molar-refractivity contribution in [1.29, 1.82) is 0 Å². The summed E-state index contributed by atoms with van der Waals surface area (Å²) in [5.41, 5.74) is 6.67. The van der Waals surface area contributed by atoms with Crippen LogP contribution in [-0.2, 0) is 0 Å². The summed E-state index contributed by atoms with van der Waals surface area (Å²) >= 11 is 1.88. The van der Waals surface area contributed by atoms with Gasteiger partial charge in [0.1, 0.15) is 11.6 Å². The Labute approximate surface area is 107 Å². The molecule has 1 atom stereocenters. The molecule has 0 radical (unpaired) electrons. The quantitative estimate of drug-likeness (QED) is 0.761. The first-order valence-electron chi connectivity index (χ1n) is 5.90. The van der Waals surface area contributed by atoms with Crippen molar-refractivity contribution in [3.63, 3.8) is 0 Å². The summed E-state index contributed by atoms with van der Waals surface area (Å²) in [5, 5.41) is 0. The molecule has 0 aliphatic rings. The predicted molar refractivity (Wildman–Crippen MR) is 72.1 cm³/mol. The van der Waals surface area contributed by atoms with Gasteiger partial charge in [-0.1, -0.05) is 13.0 Å². The van der Waals surface area contributed by atoms with Crippen LogP contribution < -0.4 is 10.5 Å². The predicted octanol–water partition coefficient (Wildman–Crippen LogP) is 3.37. The molecule has 1 unspecified atom stereocenters. The summed E-state index contributed by atoms with van der Waals surface area (Å²) in [5.74, 6) is 2.47. The first-order chi connectivity index (χ1) is 8.15. The van der Waals surface area contributed by atoms with E-state index in [4.69, 9.17) is 10.5 Å². The number of hydrogen-bond acceptors (Lipinski definition) is 3. The van der Waals surface area contributed by atoms with Gasteiger partial charge in [-0.25, -0.2) is 4.39 Å². The van der Waals surface area contributed by atoms with Gasteiger partial charge in [0.2, 0.25) is 0 Å². The van der Waals surface area contributed by atoms with Gasteiger partial charge in [-0.3, -0.25) is 0 Å². The third-order valence-electron chi connectivity index (χ3n) is 2.36. The van der Waals surface area contributed by atoms with Gasteiger partial charge in [-0.15, -0.1) is 0 Å². The second kappa shape index (κ2) is 7.56. The van der Waals surface area contributed by atoms with E-state index in [1.807, 2.05) is 18.7 Å². The SMILES string of the molecule is CCSCCCOc1cc(F)ccc1C(C)N. The van der Waals surface area contributed by atoms with Crippen LogP contribution in [0, 0.1) is 5.82 Å². The zero-order chi connectivity index (χ0) is 12.7. The Bertz CT molecular complexity index is 344. The fourth-order valence-corrected chi connectivity index (χ4v) is 2.11. The first kappa shape index (κ1) is 14.3. The number of rotatable bonds is 7. The number of nitrogens with two attached hydrogens (primary N) is 1. The Morgan fingerprint density at radius 3 is 2.88 bits per heavy atom. The fourth-order valence-electron chi connectivity index (χ4n) is 1.50. The Hall–Kier alpha value is -0.740. The third kappa shape index (κ3) is 4.96. The number of halogens is 1. The van der Waals surface area contributed by atoms with Crippen LogP contribution in [0.1, 0.15) is 31.9 Å². The van der Waals surface area contributed by atoms with Crippen LogP contribution in [0.25, 0.3) is 0 Å². The van der Waals surface area contributed by atoms with Crippen LogP contribution in [0.4, 0.5) is 4.39 Å². The van der Waals surface area contributed by atoms with Crippen molar-refractivity contribution in [1.82, 2.24) is 0 Å². The number of benzene rings is 1. The van der Waals surface area contributed by atoms with Gasteiger partial charge >= 0.3 is 0 Å². The average molecular weight is 257 g/mol. The smallest absolute Gasteiger partial charge is 0.126 e. The van der Waals surface area contributed by atoms with Crippen LogP contribution in [0.5, 0.6) is 5.75 Å². The van der Waals surface area contributed by atoms with Gasteiger partial charge in [0.15, 0.2) is 0 Å². The van der Waals surface area contributed by atoms with E-state index < -0.39 is 0 Å². The van der Waals surface area contributed by atoms with E-state index >= 15 is 0 Å². The molecule has 0 amide bonds. The minimum atomic E-state index is -0.285. The summed E-state index contributed by atoms with van der Waals surface area (Å²) in [4.78, 5) is 0. The van der Waals surface area contributed by atoms with Gasteiger partial charge in [-0.2, -0.15) is 11.8 Å². The lowest BCUT2D eigenvalue weighted by atomic mass is 10.1. The average Bonchev–Trinajstić information content (AvgIpc) is 2.28. The molecule has 1 aromatic carbocycles. The van der Waals surface area contributed by atoms with Crippen LogP contribution in [-0.4, -0.2) is 18.1 Å². The molecule has 0 saturated carbocycles. The highest BCUT2D eigenvalue weighted by molar-refractivity contribution is 7.99. The zero-order valence-corrected chi connectivity index (χ0v) is 11.2. The van der Waals surface area contributed by atoms with Gasteiger partial charge in [0.05, 0.1) is 6.61 Å². The Morgan fingerprint density at radius 2 is 2.24 bits per heavy atom. The van der Waals surface area contributed by atoms with Gasteiger partial charge in [0, 0.05) is 17.7 Å². The van der Waals surface area contributed by atoms with Crippen molar-refractivity contribution < 1.29 is 9.13 Å². The molecule has 0 fully saturated rings. The fraction of sp³-hybridized carbons (Fsp3) is 0.538. The molecular weight excluding hydrogens is 237 g/mol. The summed E-state index contributed by atoms with van der Waals surface area (Å²) < 4.78 is 18.7. The van der Waals surface area contributed by atoms with Crippen molar-refractivity contribution in [2.24, 2.45) is 5.73 Å². The van der Waals surface area contributed by atoms with Crippen molar-refractivity contribution in [2.75, 3.05) is 18.1 Å². The summed E-state index contributed by atoms with van der Waals surface area (Å²) in [6.45, 7) is 4.61. The molecule has 0 aromatic heterocycles. The third-order valence-corrected chi connectivity index (χ3v) is 3.35. The zero-order valence-electron chi connectivity index (χ0n) is 10.4. The highest BCUT2D eigenvalue weighted by Crippen LogP contribution is 2.25. The van der Waals surface area contributed by atoms with Crippen molar-refractivity contribution in [3.05, 3.63) is 29.6 Å². The largest absolute Gasteiger partial charge is 0.493 e. The molecule has 2 N–H and O–H groups in total. The van der Waals surface area contributed by atoms with Gasteiger partial charge in [0.25, 0.3) is 0 Å². The number of ether oxygens (including phenoxy) is 1. The molecule has 0 aliphatic heterocycles. The lowest BCUT2D eigenvalue weighted by molar-refractivity contribution is 0.312. The van der Waals surface area contributed by atoms with Crippen molar-refractivity contribution in [3.8, 4) is 5.75 Å². The van der Waals surface area contributed by atoms with Crippen LogP contribution >= 0.6 is 11.8 Å². The summed E-state index contributed by atoms with van der Waals surface area (Å²) in [6, 6.07) is 4.37. The Balaban J connectivity index is 2.53. The molecule has 2 nitrogen and oxygen atoms in total. The maximum absolute atomic E-state index is 13.1.